The van der Waals surface area contributed by atoms with Crippen molar-refractivity contribution in [2.45, 2.75) is 64.2 Å². The summed E-state index contributed by atoms with van der Waals surface area (Å²) in [5.74, 6) is 3.02. The molecule has 0 fully saturated rings. The molecule has 4 aromatic carbocycles. The molecule has 0 saturated heterocycles. The van der Waals surface area contributed by atoms with Crippen LogP contribution in [0, 0.1) is 0 Å². The van der Waals surface area contributed by atoms with Crippen LogP contribution in [-0.4, -0.2) is 101 Å². The number of hydrogen-bond acceptors (Lipinski definition) is 10. The average Bonchev–Trinajstić information content (AvgIpc) is 4.34. The van der Waals surface area contributed by atoms with Crippen molar-refractivity contribution in [1.29, 1.82) is 0 Å². The zero-order valence-electron chi connectivity index (χ0n) is 46.4. The van der Waals surface area contributed by atoms with Gasteiger partial charge in [0, 0.05) is 51.0 Å². The van der Waals surface area contributed by atoms with Crippen LogP contribution in [0.25, 0.3) is 0 Å². The first-order valence-electron chi connectivity index (χ1n) is 27.2. The number of hydrogen-bond donors (Lipinski definition) is 0. The van der Waals surface area contributed by atoms with Gasteiger partial charge in [-0.1, -0.05) is 125 Å². The van der Waals surface area contributed by atoms with Crippen LogP contribution >= 0.6 is 0 Å². The zero-order valence-corrected chi connectivity index (χ0v) is 49.5. The van der Waals surface area contributed by atoms with Gasteiger partial charge in [-0.05, 0) is 99.1 Å². The molecule has 10 rings (SSSR count). The Morgan fingerprint density at radius 3 is 0.800 bits per heavy atom. The van der Waals surface area contributed by atoms with Crippen LogP contribution in [0.15, 0.2) is 166 Å². The summed E-state index contributed by atoms with van der Waals surface area (Å²) in [6.45, 7) is 14.0. The Morgan fingerprint density at radius 2 is 0.575 bits per heavy atom. The Morgan fingerprint density at radius 1 is 0.350 bits per heavy atom. The third kappa shape index (κ3) is 14.9. The summed E-state index contributed by atoms with van der Waals surface area (Å²) in [5.41, 5.74) is 9.84. The molecule has 0 atom stereocenters. The largest absolute Gasteiger partial charge is 2.00 e. The smallest absolute Gasteiger partial charge is 0.659 e. The van der Waals surface area contributed by atoms with Crippen LogP contribution in [0.3, 0.4) is 0 Å². The molecule has 0 amide bonds. The van der Waals surface area contributed by atoms with Crippen LogP contribution in [0.5, 0.6) is 23.0 Å². The summed E-state index contributed by atoms with van der Waals surface area (Å²) in [5, 5.41) is 0. The summed E-state index contributed by atoms with van der Waals surface area (Å²) in [7, 11) is 4.12. The summed E-state index contributed by atoms with van der Waals surface area (Å²) in [6.07, 6.45) is 10.8. The molecule has 8 aromatic rings. The maximum Gasteiger partial charge on any atom is 2.00 e. The Kier molecular flexibility index (Phi) is 22.4. The number of rotatable bonds is 4. The van der Waals surface area contributed by atoms with Crippen molar-refractivity contribution in [3.8, 4) is 23.0 Å². The van der Waals surface area contributed by atoms with E-state index in [1.165, 1.54) is 0 Å². The number of aliphatic imine (C=N–C) groups is 4. The first-order chi connectivity index (χ1) is 38.2. The first kappa shape index (κ1) is 60.8. The van der Waals surface area contributed by atoms with E-state index in [9.17, 15) is 0 Å². The van der Waals surface area contributed by atoms with Gasteiger partial charge in [0.25, 0.3) is 0 Å². The number of para-hydroxylation sites is 8. The van der Waals surface area contributed by atoms with Gasteiger partial charge in [0.15, 0.2) is 0 Å². The quantitative estimate of drug-likeness (QED) is 0.156. The monoisotopic (exact) mass is 1250 g/mol. The van der Waals surface area contributed by atoms with E-state index < -0.39 is 0 Å². The predicted octanol–water partition coefficient (Wildman–Crippen LogP) is 11.8. The Labute approximate surface area is 499 Å². The first-order valence-corrected chi connectivity index (χ1v) is 27.2. The maximum atomic E-state index is 6.10. The van der Waals surface area contributed by atoms with E-state index in [0.29, 0.717) is 26.4 Å². The van der Waals surface area contributed by atoms with Crippen LogP contribution in [-0.2, 0) is 51.7 Å². The number of aromatic nitrogens is 4. The van der Waals surface area contributed by atoms with Crippen LogP contribution < -0.4 is 38.9 Å². The molecule has 2 aliphatic rings. The van der Waals surface area contributed by atoms with Crippen molar-refractivity contribution in [2.75, 3.05) is 66.7 Å². The van der Waals surface area contributed by atoms with Gasteiger partial charge in [-0.15, -0.1) is 22.8 Å². The fourth-order valence-electron chi connectivity index (χ4n) is 9.83. The standard InChI is InChI=1S/2C32H35N5O2.2Pd/c2*1-4-32(5-2)30-16-14-24(35-30)22-33-26-10-6-8-12-28(26)38-20-18-37(3)19-21-39-29-13-9-7-11-27(29)34-23-25-15-17-31(32)36-25;;/h2*6-17,22-23H,4-5,18-21H2,1-3H3;;/q2*-2;2*+2. The second-order valence-corrected chi connectivity index (χ2v) is 19.5. The molecule has 0 spiro atoms. The van der Waals surface area contributed by atoms with Crippen LogP contribution in [0.2, 0.25) is 0 Å². The van der Waals surface area contributed by atoms with Gasteiger partial charge >= 0.3 is 40.8 Å². The van der Waals surface area contributed by atoms with Crippen molar-refractivity contribution in [1.82, 2.24) is 29.7 Å². The van der Waals surface area contributed by atoms with Crippen LogP contribution in [0.1, 0.15) is 98.9 Å². The fraction of sp³-hybridized carbons (Fsp3) is 0.312. The molecule has 420 valence electrons. The van der Waals surface area contributed by atoms with E-state index in [0.717, 1.165) is 143 Å². The van der Waals surface area contributed by atoms with Gasteiger partial charge in [-0.2, -0.15) is 22.8 Å². The van der Waals surface area contributed by atoms with Gasteiger partial charge in [0.2, 0.25) is 0 Å². The van der Waals surface area contributed by atoms with Gasteiger partial charge in [-0.25, -0.2) is 0 Å². The molecule has 4 aromatic heterocycles. The molecule has 0 N–H and O–H groups in total. The Bertz CT molecular complexity index is 2880. The minimum absolute atomic E-state index is 0. The molecular weight excluding hydrogens is 1190 g/mol. The van der Waals surface area contributed by atoms with Gasteiger partial charge in [-0.3, -0.25) is 29.8 Å². The maximum absolute atomic E-state index is 6.10. The predicted molar refractivity (Wildman–Crippen MR) is 314 cm³/mol. The molecular formula is C64H70N10O4Pd2. The van der Waals surface area contributed by atoms with Crippen molar-refractivity contribution in [2.24, 2.45) is 20.0 Å². The molecule has 14 nitrogen and oxygen atoms in total. The summed E-state index contributed by atoms with van der Waals surface area (Å²) < 4.78 is 24.4. The molecule has 16 heteroatoms. The van der Waals surface area contributed by atoms with E-state index >= 15 is 0 Å². The van der Waals surface area contributed by atoms with Gasteiger partial charge in [0.1, 0.15) is 72.2 Å². The molecule has 80 heavy (non-hydrogen) atoms. The molecule has 0 aliphatic carbocycles. The molecule has 0 saturated carbocycles. The summed E-state index contributed by atoms with van der Waals surface area (Å²) >= 11 is 0. The minimum Gasteiger partial charge on any atom is -0.659 e. The normalized spacial score (nSPS) is 15.8. The van der Waals surface area contributed by atoms with E-state index in [-0.39, 0.29) is 51.7 Å². The molecule has 0 radical (unpaired) electrons. The average molecular weight is 1260 g/mol. The van der Waals surface area contributed by atoms with Gasteiger partial charge < -0.3 is 38.9 Å². The van der Waals surface area contributed by atoms with E-state index in [1.54, 1.807) is 0 Å². The van der Waals surface area contributed by atoms with Crippen molar-refractivity contribution in [3.63, 3.8) is 0 Å². The summed E-state index contributed by atoms with van der Waals surface area (Å²) in [6, 6.07) is 47.9. The Balaban J connectivity index is 0.000000225. The number of nitrogens with zero attached hydrogens (tertiary/aromatic N) is 10. The number of ether oxygens (including phenoxy) is 4. The molecule has 0 unspecified atom stereocenters. The second kappa shape index (κ2) is 29.5. The van der Waals surface area contributed by atoms with Crippen molar-refractivity contribution < 1.29 is 59.8 Å². The third-order valence-corrected chi connectivity index (χ3v) is 14.7. The fourth-order valence-corrected chi connectivity index (χ4v) is 9.83. The number of likely N-dealkylation sites (N-methyl/N-ethyl adjacent to an activating group) is 2. The van der Waals surface area contributed by atoms with Crippen molar-refractivity contribution >= 4 is 47.6 Å². The minimum atomic E-state index is -0.288. The van der Waals surface area contributed by atoms with Crippen LogP contribution in [0.4, 0.5) is 22.7 Å². The second-order valence-electron chi connectivity index (χ2n) is 19.5. The third-order valence-electron chi connectivity index (χ3n) is 14.7. The van der Waals surface area contributed by atoms with E-state index in [1.807, 2.05) is 146 Å². The van der Waals surface area contributed by atoms with E-state index in [2.05, 4.69) is 75.9 Å². The SMILES string of the molecule is CCC1(CC)c2ccc([n-]2)C=Nc2ccccc2OCCN(C)CCOc2ccccc2N=Cc2ccc1[n-]2.CCC1(CC)c2ccc([n-]2)C=Nc2ccccc2OCCN(C)CCOc2ccccc2N=Cc2ccc1[n-]2.[Pd+2].[Pd+2]. The number of fused-ring (bicyclic) bond motifs is 12. The molecule has 6 heterocycles. The van der Waals surface area contributed by atoms with Crippen molar-refractivity contribution in [3.05, 3.63) is 191 Å². The Hall–Kier alpha value is -6.88. The zero-order chi connectivity index (χ0) is 54.2. The topological polar surface area (TPSA) is 149 Å². The molecule has 2 aliphatic heterocycles. The molecule has 8 bridgehead atoms. The summed E-state index contributed by atoms with van der Waals surface area (Å²) in [4.78, 5) is 43.2. The number of benzene rings is 4. The van der Waals surface area contributed by atoms with E-state index in [4.69, 9.17) is 58.9 Å². The van der Waals surface area contributed by atoms with Gasteiger partial charge in [0.05, 0.1) is 0 Å².